The molecule has 0 radical (unpaired) electrons. The maximum Gasteiger partial charge on any atom is 0.407 e. The van der Waals surface area contributed by atoms with Crippen LogP contribution in [-0.2, 0) is 17.9 Å². The Balaban J connectivity index is 1.47. The van der Waals surface area contributed by atoms with Gasteiger partial charge in [0.05, 0.1) is 13.2 Å². The molecule has 0 bridgehead atoms. The lowest BCUT2D eigenvalue weighted by molar-refractivity contribution is 0.145. The van der Waals surface area contributed by atoms with E-state index in [1.54, 1.807) is 18.2 Å². The number of nitrogens with one attached hydrogen (secondary N) is 5. The predicted octanol–water partition coefficient (Wildman–Crippen LogP) is 3.58. The highest BCUT2D eigenvalue weighted by Gasteiger charge is 2.08. The number of rotatable bonds is 12. The van der Waals surface area contributed by atoms with Gasteiger partial charge in [-0.15, -0.1) is 0 Å². The summed E-state index contributed by atoms with van der Waals surface area (Å²) in [6, 6.07) is 16.4. The van der Waals surface area contributed by atoms with Gasteiger partial charge in [-0.2, -0.15) is 4.98 Å². The van der Waals surface area contributed by atoms with E-state index in [0.29, 0.717) is 54.8 Å². The zero-order valence-electron chi connectivity index (χ0n) is 20.1. The first-order valence-electron chi connectivity index (χ1n) is 11.6. The molecule has 3 aromatic rings. The standard InChI is InChI=1S/C25H31N7O4/c1-2-26-24(34)31-21-11-6-10-20(14-21)30-23-28-16-19(17-33)22(32-23)27-12-7-13-36-25(35)29-15-18-8-4-3-5-9-18/h3-6,8-11,14,16,33H,2,7,12-13,15,17H2,1H3,(H,29,35)(H2,26,31,34)(H2,27,28,30,32). The van der Waals surface area contributed by atoms with Crippen LogP contribution in [0.15, 0.2) is 60.8 Å². The molecule has 0 aliphatic carbocycles. The highest BCUT2D eigenvalue weighted by Crippen LogP contribution is 2.20. The van der Waals surface area contributed by atoms with Crippen molar-refractivity contribution in [2.75, 3.05) is 35.6 Å². The third-order valence-corrected chi connectivity index (χ3v) is 4.88. The van der Waals surface area contributed by atoms with Crippen molar-refractivity contribution in [3.63, 3.8) is 0 Å². The van der Waals surface area contributed by atoms with Crippen molar-refractivity contribution in [2.45, 2.75) is 26.5 Å². The molecule has 0 atom stereocenters. The van der Waals surface area contributed by atoms with Gasteiger partial charge >= 0.3 is 12.1 Å². The first-order valence-corrected chi connectivity index (χ1v) is 11.6. The fourth-order valence-electron chi connectivity index (χ4n) is 3.14. The number of alkyl carbamates (subject to hydrolysis) is 1. The maximum absolute atomic E-state index is 11.8. The van der Waals surface area contributed by atoms with Crippen LogP contribution >= 0.6 is 0 Å². The van der Waals surface area contributed by atoms with Crippen molar-refractivity contribution in [3.05, 3.63) is 71.9 Å². The summed E-state index contributed by atoms with van der Waals surface area (Å²) in [6.45, 7) is 3.24. The van der Waals surface area contributed by atoms with Crippen LogP contribution in [-0.4, -0.2) is 46.9 Å². The highest BCUT2D eigenvalue weighted by molar-refractivity contribution is 5.89. The summed E-state index contributed by atoms with van der Waals surface area (Å²) >= 11 is 0. The Morgan fingerprint density at radius 1 is 1.03 bits per heavy atom. The van der Waals surface area contributed by atoms with Crippen LogP contribution in [0.3, 0.4) is 0 Å². The van der Waals surface area contributed by atoms with Gasteiger partial charge in [-0.3, -0.25) is 0 Å². The minimum atomic E-state index is -0.479. The van der Waals surface area contributed by atoms with Gasteiger partial charge in [0.25, 0.3) is 0 Å². The van der Waals surface area contributed by atoms with E-state index in [-0.39, 0.29) is 19.2 Å². The summed E-state index contributed by atoms with van der Waals surface area (Å²) in [7, 11) is 0. The van der Waals surface area contributed by atoms with Crippen molar-refractivity contribution in [1.82, 2.24) is 20.6 Å². The smallest absolute Gasteiger partial charge is 0.407 e. The average molecular weight is 494 g/mol. The van der Waals surface area contributed by atoms with Gasteiger partial charge in [-0.1, -0.05) is 36.4 Å². The number of aliphatic hydroxyl groups excluding tert-OH is 1. The van der Waals surface area contributed by atoms with Gasteiger partial charge < -0.3 is 36.4 Å². The Bertz CT molecular complexity index is 1130. The second kappa shape index (κ2) is 14.1. The van der Waals surface area contributed by atoms with E-state index in [1.165, 1.54) is 6.20 Å². The monoisotopic (exact) mass is 493 g/mol. The second-order valence-corrected chi connectivity index (χ2v) is 7.67. The molecule has 2 aromatic carbocycles. The summed E-state index contributed by atoms with van der Waals surface area (Å²) in [5, 5.41) is 24.0. The molecule has 6 N–H and O–H groups in total. The minimum Gasteiger partial charge on any atom is -0.449 e. The number of urea groups is 1. The maximum atomic E-state index is 11.8. The molecule has 11 heteroatoms. The molecule has 0 spiro atoms. The molecule has 36 heavy (non-hydrogen) atoms. The molecule has 0 saturated carbocycles. The average Bonchev–Trinajstić information content (AvgIpc) is 2.88. The summed E-state index contributed by atoms with van der Waals surface area (Å²) < 4.78 is 5.20. The number of aromatic nitrogens is 2. The van der Waals surface area contributed by atoms with Gasteiger partial charge in [0.2, 0.25) is 5.95 Å². The van der Waals surface area contributed by atoms with Crippen LogP contribution in [0.4, 0.5) is 32.7 Å². The first-order chi connectivity index (χ1) is 17.6. The van der Waals surface area contributed by atoms with E-state index in [9.17, 15) is 14.7 Å². The molecule has 0 saturated heterocycles. The fraction of sp³-hybridized carbons (Fsp3) is 0.280. The van der Waals surface area contributed by atoms with Crippen LogP contribution in [0.25, 0.3) is 0 Å². The van der Waals surface area contributed by atoms with Crippen molar-refractivity contribution >= 4 is 35.3 Å². The van der Waals surface area contributed by atoms with Gasteiger partial charge in [0, 0.05) is 42.8 Å². The molecular formula is C25H31N7O4. The second-order valence-electron chi connectivity index (χ2n) is 7.67. The molecule has 0 unspecified atom stereocenters. The number of ether oxygens (including phenoxy) is 1. The lowest BCUT2D eigenvalue weighted by atomic mass is 10.2. The van der Waals surface area contributed by atoms with E-state index in [1.807, 2.05) is 43.3 Å². The number of amides is 3. The molecule has 0 fully saturated rings. The lowest BCUT2D eigenvalue weighted by Crippen LogP contribution is -2.28. The van der Waals surface area contributed by atoms with Crippen LogP contribution in [0.2, 0.25) is 0 Å². The van der Waals surface area contributed by atoms with E-state index in [2.05, 4.69) is 36.6 Å². The predicted molar refractivity (Wildman–Crippen MR) is 138 cm³/mol. The van der Waals surface area contributed by atoms with Crippen LogP contribution in [0, 0.1) is 0 Å². The number of hydrogen-bond acceptors (Lipinski definition) is 8. The SMILES string of the molecule is CCNC(=O)Nc1cccc(Nc2ncc(CO)c(NCCCOC(=O)NCc3ccccc3)n2)c1. The Labute approximate surface area is 209 Å². The summed E-state index contributed by atoms with van der Waals surface area (Å²) in [6.07, 6.45) is 1.60. The van der Waals surface area contributed by atoms with Crippen LogP contribution < -0.4 is 26.6 Å². The molecule has 3 amide bonds. The van der Waals surface area contributed by atoms with Crippen molar-refractivity contribution in [3.8, 4) is 0 Å². The van der Waals surface area contributed by atoms with E-state index >= 15 is 0 Å². The van der Waals surface area contributed by atoms with E-state index in [0.717, 1.165) is 5.56 Å². The van der Waals surface area contributed by atoms with E-state index in [4.69, 9.17) is 4.74 Å². The molecule has 3 rings (SSSR count). The third kappa shape index (κ3) is 8.76. The van der Waals surface area contributed by atoms with Crippen LogP contribution in [0.1, 0.15) is 24.5 Å². The summed E-state index contributed by atoms with van der Waals surface area (Å²) in [5.74, 6) is 0.793. The molecule has 1 aromatic heterocycles. The van der Waals surface area contributed by atoms with Gasteiger partial charge in [0.1, 0.15) is 5.82 Å². The fourth-order valence-corrected chi connectivity index (χ4v) is 3.14. The van der Waals surface area contributed by atoms with Crippen molar-refractivity contribution in [2.24, 2.45) is 0 Å². The number of benzene rings is 2. The van der Waals surface area contributed by atoms with Crippen molar-refractivity contribution < 1.29 is 19.4 Å². The number of carbonyl (C=O) groups is 2. The normalized spacial score (nSPS) is 10.3. The number of aliphatic hydroxyl groups is 1. The van der Waals surface area contributed by atoms with Gasteiger partial charge in [0.15, 0.2) is 0 Å². The third-order valence-electron chi connectivity index (χ3n) is 4.88. The number of nitrogens with zero attached hydrogens (tertiary/aromatic N) is 2. The summed E-state index contributed by atoms with van der Waals surface area (Å²) in [5.41, 5.74) is 2.82. The molecule has 11 nitrogen and oxygen atoms in total. The summed E-state index contributed by atoms with van der Waals surface area (Å²) in [4.78, 5) is 32.3. The van der Waals surface area contributed by atoms with Crippen molar-refractivity contribution in [1.29, 1.82) is 0 Å². The Hall–Kier alpha value is -4.38. The zero-order valence-corrected chi connectivity index (χ0v) is 20.1. The van der Waals surface area contributed by atoms with E-state index < -0.39 is 6.09 Å². The Kier molecular flexibility index (Phi) is 10.3. The molecular weight excluding hydrogens is 462 g/mol. The molecule has 0 aliphatic rings. The number of anilines is 4. The van der Waals surface area contributed by atoms with Gasteiger partial charge in [-0.05, 0) is 37.1 Å². The Morgan fingerprint density at radius 3 is 2.61 bits per heavy atom. The molecule has 190 valence electrons. The zero-order chi connectivity index (χ0) is 25.6. The molecule has 1 heterocycles. The topological polar surface area (TPSA) is 150 Å². The number of carbonyl (C=O) groups excluding carboxylic acids is 2. The molecule has 0 aliphatic heterocycles. The quantitative estimate of drug-likeness (QED) is 0.210. The Morgan fingerprint density at radius 2 is 1.83 bits per heavy atom. The first kappa shape index (κ1) is 26.2. The lowest BCUT2D eigenvalue weighted by Gasteiger charge is -2.13. The largest absolute Gasteiger partial charge is 0.449 e. The minimum absolute atomic E-state index is 0.226. The highest BCUT2D eigenvalue weighted by atomic mass is 16.5. The van der Waals surface area contributed by atoms with Gasteiger partial charge in [-0.25, -0.2) is 14.6 Å². The number of hydrogen-bond donors (Lipinski definition) is 6. The van der Waals surface area contributed by atoms with Crippen LogP contribution in [0.5, 0.6) is 0 Å².